The van der Waals surface area contributed by atoms with Crippen LogP contribution in [-0.4, -0.2) is 27.6 Å². The van der Waals surface area contributed by atoms with Crippen molar-refractivity contribution in [3.63, 3.8) is 0 Å². The molecule has 0 radical (unpaired) electrons. The number of amides is 1. The second-order valence-electron chi connectivity index (χ2n) is 5.75. The molecule has 0 bridgehead atoms. The van der Waals surface area contributed by atoms with Crippen molar-refractivity contribution in [1.82, 2.24) is 10.2 Å². The number of thioether (sulfide) groups is 2. The van der Waals surface area contributed by atoms with Gasteiger partial charge in [0.1, 0.15) is 0 Å². The Morgan fingerprint density at radius 1 is 1.13 bits per heavy atom. The summed E-state index contributed by atoms with van der Waals surface area (Å²) >= 11 is 4.70. The molecule has 2 rings (SSSR count). The molecule has 0 unspecified atom stereocenters. The van der Waals surface area contributed by atoms with Crippen molar-refractivity contribution in [3.05, 3.63) is 29.3 Å². The van der Waals surface area contributed by atoms with E-state index in [4.69, 9.17) is 0 Å². The minimum atomic E-state index is -0.0217. The van der Waals surface area contributed by atoms with Gasteiger partial charge in [0.15, 0.2) is 8.68 Å². The van der Waals surface area contributed by atoms with Gasteiger partial charge in [0.25, 0.3) is 0 Å². The second kappa shape index (κ2) is 8.70. The van der Waals surface area contributed by atoms with E-state index in [0.29, 0.717) is 11.7 Å². The highest BCUT2D eigenvalue weighted by atomic mass is 32.2. The number of hydrogen-bond acceptors (Lipinski definition) is 6. The summed E-state index contributed by atoms with van der Waals surface area (Å²) in [6.45, 7) is 8.41. The number of aromatic nitrogens is 2. The van der Waals surface area contributed by atoms with Gasteiger partial charge in [-0.25, -0.2) is 0 Å². The first kappa shape index (κ1) is 18.3. The van der Waals surface area contributed by atoms with E-state index in [1.807, 2.05) is 26.0 Å². The van der Waals surface area contributed by atoms with Crippen LogP contribution in [0.2, 0.25) is 0 Å². The highest BCUT2D eigenvalue weighted by Gasteiger charge is 2.09. The van der Waals surface area contributed by atoms with Gasteiger partial charge in [-0.05, 0) is 43.0 Å². The van der Waals surface area contributed by atoms with E-state index in [-0.39, 0.29) is 5.91 Å². The van der Waals surface area contributed by atoms with E-state index in [1.54, 1.807) is 23.1 Å². The zero-order valence-electron chi connectivity index (χ0n) is 13.8. The Morgan fingerprint density at radius 2 is 1.74 bits per heavy atom. The Hall–Kier alpha value is -1.05. The lowest BCUT2D eigenvalue weighted by atomic mass is 10.1. The summed E-state index contributed by atoms with van der Waals surface area (Å²) in [5.41, 5.74) is 3.13. The molecule has 0 fully saturated rings. The Balaban J connectivity index is 1.82. The number of carbonyl (C=O) groups excluding carboxylic acids is 1. The molecule has 1 aromatic heterocycles. The lowest BCUT2D eigenvalue weighted by molar-refractivity contribution is -0.113. The first-order valence-corrected chi connectivity index (χ1v) is 10.2. The van der Waals surface area contributed by atoms with Crippen LogP contribution in [0.15, 0.2) is 26.9 Å². The summed E-state index contributed by atoms with van der Waals surface area (Å²) in [5, 5.41) is 11.2. The fourth-order valence-electron chi connectivity index (χ4n) is 1.92. The molecule has 0 spiro atoms. The van der Waals surface area contributed by atoms with E-state index in [1.165, 1.54) is 11.8 Å². The van der Waals surface area contributed by atoms with E-state index in [9.17, 15) is 4.79 Å². The number of carbonyl (C=O) groups is 1. The van der Waals surface area contributed by atoms with Gasteiger partial charge in [0.2, 0.25) is 5.91 Å². The largest absolute Gasteiger partial charge is 0.325 e. The predicted octanol–water partition coefficient (Wildman–Crippen LogP) is 4.63. The van der Waals surface area contributed by atoms with Crippen LogP contribution in [0, 0.1) is 19.8 Å². The normalized spacial score (nSPS) is 11.0. The van der Waals surface area contributed by atoms with Crippen LogP contribution in [0.1, 0.15) is 25.0 Å². The van der Waals surface area contributed by atoms with Crippen LogP contribution in [0.25, 0.3) is 0 Å². The van der Waals surface area contributed by atoms with Gasteiger partial charge in [-0.15, -0.1) is 10.2 Å². The Bertz CT molecular complexity index is 650. The molecule has 0 aliphatic rings. The summed E-state index contributed by atoms with van der Waals surface area (Å²) in [4.78, 5) is 12.0. The van der Waals surface area contributed by atoms with Crippen LogP contribution in [0.3, 0.4) is 0 Å². The van der Waals surface area contributed by atoms with Gasteiger partial charge in [0.05, 0.1) is 5.75 Å². The van der Waals surface area contributed by atoms with Gasteiger partial charge in [-0.1, -0.05) is 54.8 Å². The van der Waals surface area contributed by atoms with Gasteiger partial charge in [0, 0.05) is 11.4 Å². The number of anilines is 1. The fourth-order valence-corrected chi connectivity index (χ4v) is 4.72. The van der Waals surface area contributed by atoms with E-state index in [2.05, 4.69) is 35.4 Å². The smallest absolute Gasteiger partial charge is 0.234 e. The van der Waals surface area contributed by atoms with Crippen molar-refractivity contribution >= 4 is 46.5 Å². The van der Waals surface area contributed by atoms with Crippen LogP contribution in [0.4, 0.5) is 5.69 Å². The molecule has 0 aliphatic carbocycles. The average molecular weight is 368 g/mol. The second-order valence-corrected chi connectivity index (χ2v) is 9.22. The van der Waals surface area contributed by atoms with Crippen molar-refractivity contribution in [3.8, 4) is 0 Å². The third kappa shape index (κ3) is 6.53. The SMILES string of the molecule is Cc1cc(C)cc(NC(=O)CSc2nnc(SCC(C)C)s2)c1. The van der Waals surface area contributed by atoms with Gasteiger partial charge in [-0.3, -0.25) is 4.79 Å². The molecule has 4 nitrogen and oxygen atoms in total. The van der Waals surface area contributed by atoms with Crippen molar-refractivity contribution in [1.29, 1.82) is 0 Å². The maximum absolute atomic E-state index is 12.0. The van der Waals surface area contributed by atoms with Gasteiger partial charge < -0.3 is 5.32 Å². The van der Waals surface area contributed by atoms with Crippen LogP contribution in [0.5, 0.6) is 0 Å². The molecule has 0 saturated carbocycles. The van der Waals surface area contributed by atoms with Crippen molar-refractivity contribution < 1.29 is 4.79 Å². The van der Waals surface area contributed by atoms with E-state index < -0.39 is 0 Å². The Labute approximate surface area is 149 Å². The number of hydrogen-bond donors (Lipinski definition) is 1. The molecule has 124 valence electrons. The molecular formula is C16H21N3OS3. The number of aryl methyl sites for hydroxylation is 2. The van der Waals surface area contributed by atoms with Crippen molar-refractivity contribution in [2.24, 2.45) is 5.92 Å². The molecule has 7 heteroatoms. The lowest BCUT2D eigenvalue weighted by Gasteiger charge is -2.06. The summed E-state index contributed by atoms with van der Waals surface area (Å²) in [7, 11) is 0. The standard InChI is InChI=1S/C16H21N3OS3/c1-10(2)8-21-15-18-19-16(23-15)22-9-14(20)17-13-6-11(3)5-12(4)7-13/h5-7,10H,8-9H2,1-4H3,(H,17,20). The minimum absolute atomic E-state index is 0.0217. The Kier molecular flexibility index (Phi) is 6.92. The molecule has 1 heterocycles. The van der Waals surface area contributed by atoms with E-state index >= 15 is 0 Å². The number of nitrogens with zero attached hydrogens (tertiary/aromatic N) is 2. The summed E-state index contributed by atoms with van der Waals surface area (Å²) in [6.07, 6.45) is 0. The first-order chi connectivity index (χ1) is 10.9. The molecule has 1 amide bonds. The summed E-state index contributed by atoms with van der Waals surface area (Å²) < 4.78 is 1.81. The fraction of sp³-hybridized carbons (Fsp3) is 0.438. The van der Waals surface area contributed by atoms with Crippen LogP contribution in [-0.2, 0) is 4.79 Å². The number of nitrogens with one attached hydrogen (secondary N) is 1. The molecule has 0 aliphatic heterocycles. The third-order valence-electron chi connectivity index (χ3n) is 2.76. The van der Waals surface area contributed by atoms with E-state index in [0.717, 1.165) is 31.2 Å². The molecule has 23 heavy (non-hydrogen) atoms. The maximum atomic E-state index is 12.0. The average Bonchev–Trinajstić information content (AvgIpc) is 2.90. The van der Waals surface area contributed by atoms with Crippen molar-refractivity contribution in [2.75, 3.05) is 16.8 Å². The zero-order valence-corrected chi connectivity index (χ0v) is 16.2. The van der Waals surface area contributed by atoms with Crippen LogP contribution < -0.4 is 5.32 Å². The highest BCUT2D eigenvalue weighted by Crippen LogP contribution is 2.29. The molecule has 1 N–H and O–H groups in total. The van der Waals surface area contributed by atoms with Gasteiger partial charge >= 0.3 is 0 Å². The summed E-state index contributed by atoms with van der Waals surface area (Å²) in [6, 6.07) is 6.03. The number of rotatable bonds is 7. The van der Waals surface area contributed by atoms with Crippen LogP contribution >= 0.6 is 34.9 Å². The number of benzene rings is 1. The highest BCUT2D eigenvalue weighted by molar-refractivity contribution is 8.03. The zero-order chi connectivity index (χ0) is 16.8. The first-order valence-electron chi connectivity index (χ1n) is 7.39. The third-order valence-corrected chi connectivity index (χ3v) is 6.38. The maximum Gasteiger partial charge on any atom is 0.234 e. The van der Waals surface area contributed by atoms with Crippen molar-refractivity contribution in [2.45, 2.75) is 36.4 Å². The molecule has 0 atom stereocenters. The predicted molar refractivity (Wildman–Crippen MR) is 101 cm³/mol. The molecule has 0 saturated heterocycles. The summed E-state index contributed by atoms with van der Waals surface area (Å²) in [5.74, 6) is 1.98. The topological polar surface area (TPSA) is 54.9 Å². The quantitative estimate of drug-likeness (QED) is 0.723. The monoisotopic (exact) mass is 367 g/mol. The minimum Gasteiger partial charge on any atom is -0.325 e. The molecule has 1 aromatic carbocycles. The lowest BCUT2D eigenvalue weighted by Crippen LogP contribution is -2.14. The Morgan fingerprint density at radius 3 is 2.35 bits per heavy atom. The van der Waals surface area contributed by atoms with Gasteiger partial charge in [-0.2, -0.15) is 0 Å². The molecule has 2 aromatic rings. The molecular weight excluding hydrogens is 346 g/mol.